The first-order valence-electron chi connectivity index (χ1n) is 4.78. The first kappa shape index (κ1) is 13.4. The molecule has 0 N–H and O–H groups in total. The van der Waals surface area contributed by atoms with Gasteiger partial charge in [-0.05, 0) is 6.04 Å². The van der Waals surface area contributed by atoms with Gasteiger partial charge < -0.3 is 9.47 Å². The molecule has 0 amide bonds. The molecule has 0 rings (SSSR count). The van der Waals surface area contributed by atoms with Gasteiger partial charge in [-0.15, -0.1) is 11.6 Å². The van der Waals surface area contributed by atoms with Crippen LogP contribution >= 0.6 is 11.6 Å². The molecule has 0 spiro atoms. The number of rotatable bonds is 8. The van der Waals surface area contributed by atoms with Crippen LogP contribution in [0.3, 0.4) is 0 Å². The van der Waals surface area contributed by atoms with Gasteiger partial charge in [-0.25, -0.2) is 0 Å². The normalized spacial score (nSPS) is 12.0. The van der Waals surface area contributed by atoms with Crippen molar-refractivity contribution in [1.29, 1.82) is 0 Å². The molecule has 0 aromatic heterocycles. The van der Waals surface area contributed by atoms with Crippen LogP contribution in [0.2, 0.25) is 25.7 Å². The highest BCUT2D eigenvalue weighted by Crippen LogP contribution is 2.07. The Kier molecular flexibility index (Phi) is 8.05. The lowest BCUT2D eigenvalue weighted by molar-refractivity contribution is 0.0588. The second-order valence-corrected chi connectivity index (χ2v) is 10.2. The number of hydrogen-bond acceptors (Lipinski definition) is 2. The Morgan fingerprint density at radius 2 is 1.46 bits per heavy atom. The summed E-state index contributed by atoms with van der Waals surface area (Å²) < 4.78 is 10.6. The van der Waals surface area contributed by atoms with Gasteiger partial charge in [0.15, 0.2) is 0 Å². The van der Waals surface area contributed by atoms with E-state index in [-0.39, 0.29) is 0 Å². The summed E-state index contributed by atoms with van der Waals surface area (Å²) in [6, 6.07) is 1.22. The third-order valence-corrected chi connectivity index (χ3v) is 3.45. The minimum absolute atomic E-state index is 0.564. The van der Waals surface area contributed by atoms with Crippen molar-refractivity contribution >= 4 is 19.7 Å². The van der Waals surface area contributed by atoms with Crippen LogP contribution in [0, 0.1) is 0 Å². The molecule has 0 aliphatic heterocycles. The zero-order valence-corrected chi connectivity index (χ0v) is 10.7. The lowest BCUT2D eigenvalue weighted by Crippen LogP contribution is -2.22. The van der Waals surface area contributed by atoms with E-state index in [4.69, 9.17) is 21.1 Å². The number of hydrogen-bond donors (Lipinski definition) is 0. The standard InChI is InChI=1S/C9H21ClO2Si/c1-13(2,3)9-8-12-7-6-11-5-4-10/h4-9H2,1-3H3. The first-order valence-corrected chi connectivity index (χ1v) is 9.02. The molecule has 4 heteroatoms. The predicted molar refractivity (Wildman–Crippen MR) is 60.5 cm³/mol. The molecule has 0 radical (unpaired) electrons. The molecule has 0 saturated heterocycles. The van der Waals surface area contributed by atoms with E-state index in [9.17, 15) is 0 Å². The average Bonchev–Trinajstić information content (AvgIpc) is 2.01. The van der Waals surface area contributed by atoms with E-state index in [0.29, 0.717) is 25.7 Å². The molecule has 0 atom stereocenters. The smallest absolute Gasteiger partial charge is 0.0701 e. The van der Waals surface area contributed by atoms with Crippen LogP contribution in [0.1, 0.15) is 0 Å². The third-order valence-electron chi connectivity index (χ3n) is 1.59. The van der Waals surface area contributed by atoms with Crippen molar-refractivity contribution in [3.63, 3.8) is 0 Å². The Hall–Kier alpha value is 0.427. The monoisotopic (exact) mass is 224 g/mol. The van der Waals surface area contributed by atoms with E-state index >= 15 is 0 Å². The van der Waals surface area contributed by atoms with Gasteiger partial charge in [-0.2, -0.15) is 0 Å². The molecule has 2 nitrogen and oxygen atoms in total. The fourth-order valence-corrected chi connectivity index (χ4v) is 1.62. The van der Waals surface area contributed by atoms with Gasteiger partial charge in [0.2, 0.25) is 0 Å². The van der Waals surface area contributed by atoms with Gasteiger partial charge in [-0.3, -0.25) is 0 Å². The number of halogens is 1. The zero-order chi connectivity index (χ0) is 10.2. The summed E-state index contributed by atoms with van der Waals surface area (Å²) >= 11 is 5.44. The summed E-state index contributed by atoms with van der Waals surface area (Å²) in [5, 5.41) is 0. The molecule has 0 fully saturated rings. The van der Waals surface area contributed by atoms with Crippen molar-refractivity contribution in [3.8, 4) is 0 Å². The van der Waals surface area contributed by atoms with Gasteiger partial charge in [-0.1, -0.05) is 19.6 Å². The maximum absolute atomic E-state index is 5.44. The minimum atomic E-state index is -0.920. The van der Waals surface area contributed by atoms with E-state index in [1.54, 1.807) is 0 Å². The molecule has 0 heterocycles. The van der Waals surface area contributed by atoms with Crippen molar-refractivity contribution in [1.82, 2.24) is 0 Å². The summed E-state index contributed by atoms with van der Waals surface area (Å²) in [5.41, 5.74) is 0. The molecular weight excluding hydrogens is 204 g/mol. The zero-order valence-electron chi connectivity index (χ0n) is 8.94. The second kappa shape index (κ2) is 7.80. The van der Waals surface area contributed by atoms with Crippen LogP contribution < -0.4 is 0 Å². The summed E-state index contributed by atoms with van der Waals surface area (Å²) in [5.74, 6) is 0.564. The largest absolute Gasteiger partial charge is 0.379 e. The van der Waals surface area contributed by atoms with Gasteiger partial charge in [0.1, 0.15) is 0 Å². The molecule has 0 aliphatic rings. The van der Waals surface area contributed by atoms with Crippen molar-refractivity contribution in [2.24, 2.45) is 0 Å². The summed E-state index contributed by atoms with van der Waals surface area (Å²) in [6.45, 7) is 9.90. The van der Waals surface area contributed by atoms with E-state index < -0.39 is 8.07 Å². The van der Waals surface area contributed by atoms with Crippen LogP contribution in [0.5, 0.6) is 0 Å². The van der Waals surface area contributed by atoms with Crippen LogP contribution in [-0.4, -0.2) is 40.4 Å². The third kappa shape index (κ3) is 12.4. The van der Waals surface area contributed by atoms with Crippen molar-refractivity contribution in [2.45, 2.75) is 25.7 Å². The van der Waals surface area contributed by atoms with Crippen LogP contribution in [-0.2, 0) is 9.47 Å². The van der Waals surface area contributed by atoms with E-state index in [0.717, 1.165) is 6.61 Å². The molecule has 0 unspecified atom stereocenters. The van der Waals surface area contributed by atoms with Crippen molar-refractivity contribution in [3.05, 3.63) is 0 Å². The molecule has 0 aromatic rings. The number of alkyl halides is 1. The van der Waals surface area contributed by atoms with Crippen LogP contribution in [0.15, 0.2) is 0 Å². The maximum Gasteiger partial charge on any atom is 0.0701 e. The molecule has 13 heavy (non-hydrogen) atoms. The first-order chi connectivity index (χ1) is 6.06. The Labute approximate surface area is 87.6 Å². The summed E-state index contributed by atoms with van der Waals surface area (Å²) in [6.07, 6.45) is 0. The van der Waals surface area contributed by atoms with E-state index in [2.05, 4.69) is 19.6 Å². The minimum Gasteiger partial charge on any atom is -0.379 e. The lowest BCUT2D eigenvalue weighted by atomic mass is 10.7. The molecule has 0 aromatic carbocycles. The Morgan fingerprint density at radius 3 is 1.92 bits per heavy atom. The summed E-state index contributed by atoms with van der Waals surface area (Å²) in [7, 11) is -0.920. The number of ether oxygens (including phenoxy) is 2. The van der Waals surface area contributed by atoms with Crippen molar-refractivity contribution in [2.75, 3.05) is 32.3 Å². The maximum atomic E-state index is 5.44. The van der Waals surface area contributed by atoms with Crippen LogP contribution in [0.25, 0.3) is 0 Å². The van der Waals surface area contributed by atoms with Gasteiger partial charge >= 0.3 is 0 Å². The van der Waals surface area contributed by atoms with E-state index in [1.165, 1.54) is 6.04 Å². The van der Waals surface area contributed by atoms with Crippen LogP contribution in [0.4, 0.5) is 0 Å². The van der Waals surface area contributed by atoms with Crippen molar-refractivity contribution < 1.29 is 9.47 Å². The average molecular weight is 225 g/mol. The molecule has 80 valence electrons. The predicted octanol–water partition coefficient (Wildman–Crippen LogP) is 2.60. The molecular formula is C9H21ClO2Si. The summed E-state index contributed by atoms with van der Waals surface area (Å²) in [4.78, 5) is 0. The fourth-order valence-electron chi connectivity index (χ4n) is 0.755. The Morgan fingerprint density at radius 1 is 0.923 bits per heavy atom. The van der Waals surface area contributed by atoms with Gasteiger partial charge in [0.25, 0.3) is 0 Å². The van der Waals surface area contributed by atoms with Gasteiger partial charge in [0.05, 0.1) is 19.8 Å². The topological polar surface area (TPSA) is 18.5 Å². The molecule has 0 aliphatic carbocycles. The fraction of sp³-hybridized carbons (Fsp3) is 1.00. The second-order valence-electron chi connectivity index (χ2n) is 4.22. The molecule has 0 bridgehead atoms. The highest BCUT2D eigenvalue weighted by Gasteiger charge is 2.11. The molecule has 0 saturated carbocycles. The highest BCUT2D eigenvalue weighted by molar-refractivity contribution is 6.76. The SMILES string of the molecule is C[Si](C)(C)CCOCCOCCCl. The highest BCUT2D eigenvalue weighted by atomic mass is 35.5. The Balaban J connectivity index is 3.00. The lowest BCUT2D eigenvalue weighted by Gasteiger charge is -2.15. The van der Waals surface area contributed by atoms with Gasteiger partial charge in [0, 0.05) is 20.6 Å². The Bertz CT molecular complexity index is 115. The van der Waals surface area contributed by atoms with E-state index in [1.807, 2.05) is 0 Å². The quantitative estimate of drug-likeness (QED) is 0.359.